The highest BCUT2D eigenvalue weighted by Gasteiger charge is 2.40. The number of hydrogen-bond acceptors (Lipinski definition) is 3. The molecule has 3 heteroatoms. The third-order valence-electron chi connectivity index (χ3n) is 2.75. The van der Waals surface area contributed by atoms with Crippen LogP contribution < -0.4 is 5.73 Å². The Hall–Kier alpha value is -0.830. The van der Waals surface area contributed by atoms with Gasteiger partial charge < -0.3 is 10.5 Å². The van der Waals surface area contributed by atoms with E-state index >= 15 is 0 Å². The van der Waals surface area contributed by atoms with E-state index in [0.717, 1.165) is 6.42 Å². The highest BCUT2D eigenvalue weighted by molar-refractivity contribution is 5.81. The minimum Gasteiger partial charge on any atom is -0.459 e. The van der Waals surface area contributed by atoms with Crippen molar-refractivity contribution < 1.29 is 9.53 Å². The molecule has 0 bridgehead atoms. The zero-order chi connectivity index (χ0) is 13.0. The van der Waals surface area contributed by atoms with Gasteiger partial charge in [0.05, 0.1) is 0 Å². The maximum Gasteiger partial charge on any atom is 0.327 e. The zero-order valence-electron chi connectivity index (χ0n) is 11.2. The summed E-state index contributed by atoms with van der Waals surface area (Å²) in [5.41, 5.74) is 4.71. The molecule has 2 N–H and O–H groups in total. The van der Waals surface area contributed by atoms with Gasteiger partial charge in [-0.25, -0.2) is 0 Å². The van der Waals surface area contributed by atoms with Crippen LogP contribution in [0.4, 0.5) is 0 Å². The lowest BCUT2D eigenvalue weighted by atomic mass is 9.81. The molecule has 16 heavy (non-hydrogen) atoms. The van der Waals surface area contributed by atoms with E-state index in [9.17, 15) is 4.79 Å². The van der Waals surface area contributed by atoms with E-state index in [1.807, 2.05) is 34.6 Å². The number of nitrogens with two attached hydrogens (primary N) is 1. The van der Waals surface area contributed by atoms with E-state index in [1.54, 1.807) is 6.08 Å². The molecule has 94 valence electrons. The first-order valence-corrected chi connectivity index (χ1v) is 5.80. The van der Waals surface area contributed by atoms with Crippen molar-refractivity contribution >= 4 is 5.97 Å². The van der Waals surface area contributed by atoms with Gasteiger partial charge in [-0.05, 0) is 33.1 Å². The van der Waals surface area contributed by atoms with Crippen LogP contribution >= 0.6 is 0 Å². The van der Waals surface area contributed by atoms with Gasteiger partial charge in [-0.15, -0.1) is 6.58 Å². The van der Waals surface area contributed by atoms with E-state index in [-0.39, 0.29) is 11.9 Å². The second-order valence-electron chi connectivity index (χ2n) is 5.34. The van der Waals surface area contributed by atoms with Crippen molar-refractivity contribution in [3.8, 4) is 0 Å². The summed E-state index contributed by atoms with van der Waals surface area (Å²) >= 11 is 0. The van der Waals surface area contributed by atoms with Crippen LogP contribution in [0.3, 0.4) is 0 Å². The molecule has 2 atom stereocenters. The third kappa shape index (κ3) is 3.97. The summed E-state index contributed by atoms with van der Waals surface area (Å²) in [5, 5.41) is 0. The van der Waals surface area contributed by atoms with Crippen molar-refractivity contribution in [1.29, 1.82) is 0 Å². The van der Waals surface area contributed by atoms with Crippen LogP contribution in [0.1, 0.15) is 47.5 Å². The summed E-state index contributed by atoms with van der Waals surface area (Å²) in [6.45, 7) is 13.2. The maximum atomic E-state index is 12.1. The Morgan fingerprint density at radius 3 is 2.31 bits per heavy atom. The minimum atomic E-state index is -0.955. The lowest BCUT2D eigenvalue weighted by Crippen LogP contribution is -2.55. The van der Waals surface area contributed by atoms with Crippen molar-refractivity contribution in [3.63, 3.8) is 0 Å². The van der Waals surface area contributed by atoms with Crippen molar-refractivity contribution in [2.45, 2.75) is 58.6 Å². The molecule has 0 aliphatic rings. The first-order chi connectivity index (χ1) is 7.17. The third-order valence-corrected chi connectivity index (χ3v) is 2.75. The van der Waals surface area contributed by atoms with Gasteiger partial charge in [-0.3, -0.25) is 4.79 Å². The molecule has 0 aromatic heterocycles. The summed E-state index contributed by atoms with van der Waals surface area (Å²) in [6, 6.07) is 0. The van der Waals surface area contributed by atoms with Crippen molar-refractivity contribution in [3.05, 3.63) is 12.7 Å². The van der Waals surface area contributed by atoms with E-state index in [4.69, 9.17) is 10.5 Å². The molecule has 0 aromatic rings. The SMILES string of the molecule is C=CC[C@@](N)(C(=O)OC(C)(C)C)[C@@H](C)CC. The zero-order valence-corrected chi connectivity index (χ0v) is 11.2. The molecule has 0 heterocycles. The molecule has 0 aliphatic heterocycles. The van der Waals surface area contributed by atoms with Crippen LogP contribution in [0.2, 0.25) is 0 Å². The molecule has 0 aromatic carbocycles. The average molecular weight is 227 g/mol. The molecule has 0 aliphatic carbocycles. The Balaban J connectivity index is 4.90. The summed E-state index contributed by atoms with van der Waals surface area (Å²) < 4.78 is 5.37. The molecule has 0 saturated heterocycles. The van der Waals surface area contributed by atoms with Crippen LogP contribution in [0.5, 0.6) is 0 Å². The highest BCUT2D eigenvalue weighted by atomic mass is 16.6. The van der Waals surface area contributed by atoms with Gasteiger partial charge in [0, 0.05) is 0 Å². The molecule has 0 fully saturated rings. The fourth-order valence-corrected chi connectivity index (χ4v) is 1.46. The Kier molecular flexibility index (Phi) is 5.20. The first kappa shape index (κ1) is 15.2. The fourth-order valence-electron chi connectivity index (χ4n) is 1.46. The Bertz CT molecular complexity index is 255. The Morgan fingerprint density at radius 1 is 1.50 bits per heavy atom. The minimum absolute atomic E-state index is 0.0698. The number of ether oxygens (including phenoxy) is 1. The lowest BCUT2D eigenvalue weighted by molar-refractivity contribution is -0.163. The molecule has 3 nitrogen and oxygen atoms in total. The van der Waals surface area contributed by atoms with Gasteiger partial charge >= 0.3 is 5.97 Å². The van der Waals surface area contributed by atoms with Crippen LogP contribution in [0.25, 0.3) is 0 Å². The normalized spacial score (nSPS) is 17.4. The van der Waals surface area contributed by atoms with Crippen LogP contribution in [0.15, 0.2) is 12.7 Å². The molecule has 0 amide bonds. The smallest absolute Gasteiger partial charge is 0.327 e. The molecule has 0 rings (SSSR count). The topological polar surface area (TPSA) is 52.3 Å². The fraction of sp³-hybridized carbons (Fsp3) is 0.769. The monoisotopic (exact) mass is 227 g/mol. The number of carbonyl (C=O) groups is 1. The lowest BCUT2D eigenvalue weighted by Gasteiger charge is -2.34. The highest BCUT2D eigenvalue weighted by Crippen LogP contribution is 2.25. The van der Waals surface area contributed by atoms with Gasteiger partial charge in [-0.1, -0.05) is 26.3 Å². The van der Waals surface area contributed by atoms with E-state index in [2.05, 4.69) is 6.58 Å². The number of esters is 1. The number of hydrogen-bond donors (Lipinski definition) is 1. The van der Waals surface area contributed by atoms with E-state index in [1.165, 1.54) is 0 Å². The molecule has 0 radical (unpaired) electrons. The second kappa shape index (κ2) is 5.48. The van der Waals surface area contributed by atoms with Crippen molar-refractivity contribution in [2.75, 3.05) is 0 Å². The molecular weight excluding hydrogens is 202 g/mol. The van der Waals surface area contributed by atoms with E-state index in [0.29, 0.717) is 6.42 Å². The Labute approximate surface area is 99.0 Å². The summed E-state index contributed by atoms with van der Waals surface area (Å²) in [6.07, 6.45) is 2.95. The van der Waals surface area contributed by atoms with Gasteiger partial charge in [0.1, 0.15) is 11.1 Å². The van der Waals surface area contributed by atoms with Crippen molar-refractivity contribution in [2.24, 2.45) is 11.7 Å². The number of carbonyl (C=O) groups excluding carboxylic acids is 1. The molecule has 0 unspecified atom stereocenters. The van der Waals surface area contributed by atoms with Gasteiger partial charge in [0.25, 0.3) is 0 Å². The van der Waals surface area contributed by atoms with E-state index < -0.39 is 11.1 Å². The van der Waals surface area contributed by atoms with Gasteiger partial charge in [-0.2, -0.15) is 0 Å². The average Bonchev–Trinajstić information content (AvgIpc) is 2.14. The van der Waals surface area contributed by atoms with Gasteiger partial charge in [0.15, 0.2) is 0 Å². The second-order valence-corrected chi connectivity index (χ2v) is 5.34. The summed E-state index contributed by atoms with van der Waals surface area (Å²) in [5.74, 6) is -0.269. The summed E-state index contributed by atoms with van der Waals surface area (Å²) in [4.78, 5) is 12.1. The maximum absolute atomic E-state index is 12.1. The van der Waals surface area contributed by atoms with Crippen LogP contribution in [-0.2, 0) is 9.53 Å². The van der Waals surface area contributed by atoms with Crippen molar-refractivity contribution in [1.82, 2.24) is 0 Å². The number of rotatable bonds is 5. The molecule has 0 saturated carbocycles. The predicted molar refractivity (Wildman–Crippen MR) is 67.0 cm³/mol. The van der Waals surface area contributed by atoms with Crippen LogP contribution in [-0.4, -0.2) is 17.1 Å². The largest absolute Gasteiger partial charge is 0.459 e. The predicted octanol–water partition coefficient (Wildman–Crippen LogP) is 2.65. The van der Waals surface area contributed by atoms with Crippen LogP contribution in [0, 0.1) is 5.92 Å². The quantitative estimate of drug-likeness (QED) is 0.580. The summed E-state index contributed by atoms with van der Waals surface area (Å²) in [7, 11) is 0. The molecular formula is C13H25NO2. The van der Waals surface area contributed by atoms with Gasteiger partial charge in [0.2, 0.25) is 0 Å². The molecule has 0 spiro atoms. The Morgan fingerprint density at radius 2 is 2.00 bits per heavy atom. The standard InChI is InChI=1S/C13H25NO2/c1-7-9-13(14,10(3)8-2)11(15)16-12(4,5)6/h7,10H,1,8-9,14H2,2-6H3/t10-,13-/m0/s1. The first-order valence-electron chi connectivity index (χ1n) is 5.80.